The predicted molar refractivity (Wildman–Crippen MR) is 121 cm³/mol. The highest BCUT2D eigenvalue weighted by Crippen LogP contribution is 2.31. The summed E-state index contributed by atoms with van der Waals surface area (Å²) in [5.41, 5.74) is 2.26. The summed E-state index contributed by atoms with van der Waals surface area (Å²) in [7, 11) is -4.36. The van der Waals surface area contributed by atoms with Gasteiger partial charge in [0.15, 0.2) is 0 Å². The third kappa shape index (κ3) is 5.39. The van der Waals surface area contributed by atoms with E-state index in [1.54, 1.807) is 12.3 Å². The first-order valence-corrected chi connectivity index (χ1v) is 12.4. The van der Waals surface area contributed by atoms with Crippen LogP contribution in [0.5, 0.6) is 0 Å². The molecular formula is C22H21F3N4O5S. The van der Waals surface area contributed by atoms with Gasteiger partial charge in [0.05, 0.1) is 18.4 Å². The van der Waals surface area contributed by atoms with Crippen molar-refractivity contribution < 1.29 is 36.0 Å². The minimum Gasteiger partial charge on any atom is -0.343 e. The molecule has 0 aliphatic carbocycles. The molecule has 1 saturated heterocycles. The van der Waals surface area contributed by atoms with Crippen molar-refractivity contribution >= 4 is 38.6 Å². The molecule has 1 amide bonds. The summed E-state index contributed by atoms with van der Waals surface area (Å²) in [5, 5.41) is 0.716. The van der Waals surface area contributed by atoms with Gasteiger partial charge in [-0.15, -0.1) is 0 Å². The Bertz CT molecular complexity index is 1360. The van der Waals surface area contributed by atoms with Crippen LogP contribution in [-0.2, 0) is 30.9 Å². The fourth-order valence-corrected chi connectivity index (χ4v) is 4.58. The van der Waals surface area contributed by atoms with E-state index in [2.05, 4.69) is 14.8 Å². The van der Waals surface area contributed by atoms with Gasteiger partial charge >= 0.3 is 12.1 Å². The summed E-state index contributed by atoms with van der Waals surface area (Å²) in [5.74, 6) is -2.64. The Hall–Kier alpha value is -3.61. The molecule has 35 heavy (non-hydrogen) atoms. The maximum atomic E-state index is 12.6. The van der Waals surface area contributed by atoms with E-state index in [-0.39, 0.29) is 22.5 Å². The van der Waals surface area contributed by atoms with Gasteiger partial charge in [-0.1, -0.05) is 16.6 Å². The number of nitrogens with zero attached hydrogens (tertiary/aromatic N) is 3. The third-order valence-corrected chi connectivity index (χ3v) is 6.36. The fourth-order valence-electron chi connectivity index (χ4n) is 3.87. The van der Waals surface area contributed by atoms with Crippen LogP contribution in [0.25, 0.3) is 22.2 Å². The number of carbonyl (C=O) groups excluding carboxylic acids is 2. The molecule has 0 bridgehead atoms. The molecule has 0 unspecified atom stereocenters. The van der Waals surface area contributed by atoms with Crippen LogP contribution < -0.4 is 4.47 Å². The number of likely N-dealkylation sites (tertiary alicyclic amines) is 1. The molecule has 4 rings (SSSR count). The van der Waals surface area contributed by atoms with Gasteiger partial charge in [0.25, 0.3) is 10.0 Å². The van der Waals surface area contributed by atoms with Gasteiger partial charge in [0.1, 0.15) is 5.65 Å². The molecule has 0 radical (unpaired) electrons. The number of halogens is 3. The lowest BCUT2D eigenvalue weighted by molar-refractivity contribution is -0.199. The Morgan fingerprint density at radius 3 is 2.40 bits per heavy atom. The zero-order chi connectivity index (χ0) is 25.4. The van der Waals surface area contributed by atoms with Crippen LogP contribution in [0, 0.1) is 0 Å². The Labute approximate surface area is 198 Å². The normalized spacial score (nSPS) is 14.3. The van der Waals surface area contributed by atoms with Crippen LogP contribution in [0.4, 0.5) is 18.9 Å². The monoisotopic (exact) mass is 510 g/mol. The van der Waals surface area contributed by atoms with E-state index < -0.39 is 22.2 Å². The minimum absolute atomic E-state index is 0.0224. The molecule has 2 aromatic heterocycles. The second kappa shape index (κ2) is 9.21. The van der Waals surface area contributed by atoms with Crippen molar-refractivity contribution in [2.24, 2.45) is 0 Å². The molecule has 9 nitrogen and oxygen atoms in total. The van der Waals surface area contributed by atoms with E-state index >= 15 is 0 Å². The van der Waals surface area contributed by atoms with Crippen LogP contribution in [0.3, 0.4) is 0 Å². The molecule has 3 heterocycles. The Kier molecular flexibility index (Phi) is 6.45. The van der Waals surface area contributed by atoms with Crippen LogP contribution in [-0.4, -0.2) is 60.7 Å². The number of H-pyrrole nitrogens is 1. The largest absolute Gasteiger partial charge is 0.493 e. The standard InChI is InChI=1S/C22H21F3N4O5S/c1-35(32,33)29(34-21(31)22(23,24)25)16-6-4-14(5-7-16)17-8-9-26-20-18(17)12-15(27-20)13-19(30)28-10-2-3-11-28/h4-9,12H,2-3,10-11,13H2,1H3,(H,26,27). The van der Waals surface area contributed by atoms with Crippen LogP contribution in [0.15, 0.2) is 42.6 Å². The summed E-state index contributed by atoms with van der Waals surface area (Å²) in [4.78, 5) is 37.0. The highest BCUT2D eigenvalue weighted by atomic mass is 32.2. The number of hydrogen-bond donors (Lipinski definition) is 1. The molecule has 1 aromatic carbocycles. The van der Waals surface area contributed by atoms with Gasteiger partial charge in [-0.05, 0) is 48.2 Å². The van der Waals surface area contributed by atoms with Crippen LogP contribution >= 0.6 is 0 Å². The number of aromatic amines is 1. The van der Waals surface area contributed by atoms with E-state index in [0.717, 1.165) is 25.9 Å². The number of aromatic nitrogens is 2. The lowest BCUT2D eigenvalue weighted by Crippen LogP contribution is -2.38. The van der Waals surface area contributed by atoms with Gasteiger partial charge < -0.3 is 14.7 Å². The van der Waals surface area contributed by atoms with Crippen molar-refractivity contribution in [2.75, 3.05) is 23.8 Å². The zero-order valence-electron chi connectivity index (χ0n) is 18.5. The zero-order valence-corrected chi connectivity index (χ0v) is 19.3. The summed E-state index contributed by atoms with van der Waals surface area (Å²) >= 11 is 0. The van der Waals surface area contributed by atoms with E-state index in [1.165, 1.54) is 24.3 Å². The van der Waals surface area contributed by atoms with Gasteiger partial charge in [-0.25, -0.2) is 18.2 Å². The fraction of sp³-hybridized carbons (Fsp3) is 0.318. The second-order valence-corrected chi connectivity index (χ2v) is 9.89. The van der Waals surface area contributed by atoms with Crippen molar-refractivity contribution in [2.45, 2.75) is 25.4 Å². The first-order chi connectivity index (χ1) is 16.4. The Balaban J connectivity index is 1.61. The molecule has 1 aliphatic rings. The summed E-state index contributed by atoms with van der Waals surface area (Å²) in [6, 6.07) is 8.92. The molecule has 1 aliphatic heterocycles. The van der Waals surface area contributed by atoms with Gasteiger partial charge in [-0.2, -0.15) is 13.2 Å². The number of alkyl halides is 3. The van der Waals surface area contributed by atoms with Gasteiger partial charge in [0.2, 0.25) is 5.91 Å². The molecule has 0 spiro atoms. The number of benzene rings is 1. The Morgan fingerprint density at radius 1 is 1.14 bits per heavy atom. The molecule has 13 heteroatoms. The van der Waals surface area contributed by atoms with Crippen LogP contribution in [0.1, 0.15) is 18.5 Å². The van der Waals surface area contributed by atoms with E-state index in [9.17, 15) is 31.2 Å². The second-order valence-electron chi connectivity index (χ2n) is 8.09. The molecule has 0 saturated carbocycles. The van der Waals surface area contributed by atoms with Gasteiger partial charge in [0, 0.05) is 30.4 Å². The van der Waals surface area contributed by atoms with E-state index in [0.29, 0.717) is 34.1 Å². The number of amides is 1. The molecular weight excluding hydrogens is 489 g/mol. The number of fused-ring (bicyclic) bond motifs is 1. The number of rotatable bonds is 6. The highest BCUT2D eigenvalue weighted by Gasteiger charge is 2.44. The smallest absolute Gasteiger partial charge is 0.343 e. The van der Waals surface area contributed by atoms with Crippen molar-refractivity contribution in [1.29, 1.82) is 0 Å². The quantitative estimate of drug-likeness (QED) is 0.510. The lowest BCUT2D eigenvalue weighted by atomic mass is 10.0. The number of pyridine rings is 1. The maximum Gasteiger partial charge on any atom is 0.493 e. The minimum atomic E-state index is -5.37. The van der Waals surface area contributed by atoms with Crippen molar-refractivity contribution in [1.82, 2.24) is 14.9 Å². The van der Waals surface area contributed by atoms with Crippen molar-refractivity contribution in [3.63, 3.8) is 0 Å². The van der Waals surface area contributed by atoms with Gasteiger partial charge in [-0.3, -0.25) is 4.79 Å². The van der Waals surface area contributed by atoms with Crippen molar-refractivity contribution in [3.8, 4) is 11.1 Å². The first kappa shape index (κ1) is 24.5. The predicted octanol–water partition coefficient (Wildman–Crippen LogP) is 3.18. The molecule has 1 N–H and O–H groups in total. The highest BCUT2D eigenvalue weighted by molar-refractivity contribution is 7.91. The van der Waals surface area contributed by atoms with Crippen LogP contribution in [0.2, 0.25) is 0 Å². The van der Waals surface area contributed by atoms with E-state index in [1.807, 2.05) is 11.0 Å². The maximum absolute atomic E-state index is 12.6. The molecule has 0 atom stereocenters. The first-order valence-electron chi connectivity index (χ1n) is 10.6. The number of anilines is 1. The number of hydrogen-bond acceptors (Lipinski definition) is 6. The average Bonchev–Trinajstić information content (AvgIpc) is 3.45. The molecule has 3 aromatic rings. The summed E-state index contributed by atoms with van der Waals surface area (Å²) < 4.78 is 61.6. The van der Waals surface area contributed by atoms with E-state index in [4.69, 9.17) is 0 Å². The molecule has 186 valence electrons. The average molecular weight is 510 g/mol. The number of nitrogens with one attached hydrogen (secondary N) is 1. The van der Waals surface area contributed by atoms with Crippen molar-refractivity contribution in [3.05, 3.63) is 48.3 Å². The molecule has 1 fully saturated rings. The topological polar surface area (TPSA) is 113 Å². The number of sulfonamides is 1. The SMILES string of the molecule is CS(=O)(=O)N(OC(=O)C(F)(F)F)c1ccc(-c2ccnc3[nH]c(CC(=O)N4CCCC4)cc23)cc1. The lowest BCUT2D eigenvalue weighted by Gasteiger charge is -2.21. The summed E-state index contributed by atoms with van der Waals surface area (Å²) in [6.45, 7) is 1.50. The summed E-state index contributed by atoms with van der Waals surface area (Å²) in [6.07, 6.45) is -1.02. The Morgan fingerprint density at radius 2 is 1.80 bits per heavy atom. The third-order valence-electron chi connectivity index (χ3n) is 5.48. The number of carbonyl (C=O) groups is 2.